The lowest BCUT2D eigenvalue weighted by molar-refractivity contribution is 0.859. The Morgan fingerprint density at radius 2 is 1.73 bits per heavy atom. The zero-order chi connectivity index (χ0) is 22.6. The van der Waals surface area contributed by atoms with Crippen molar-refractivity contribution in [3.8, 4) is 11.4 Å². The van der Waals surface area contributed by atoms with E-state index < -0.39 is 0 Å². The van der Waals surface area contributed by atoms with Crippen LogP contribution in [0.25, 0.3) is 11.4 Å². The highest BCUT2D eigenvalue weighted by atomic mass is 15.2. The number of nitrogens with one attached hydrogen (secondary N) is 1. The van der Waals surface area contributed by atoms with Crippen molar-refractivity contribution in [3.63, 3.8) is 0 Å². The minimum absolute atomic E-state index is 0. The summed E-state index contributed by atoms with van der Waals surface area (Å²) in [6, 6.07) is 20.6. The summed E-state index contributed by atoms with van der Waals surface area (Å²) in [5.74, 6) is 2.18. The Kier molecular flexibility index (Phi) is 5.81. The lowest BCUT2D eigenvalue weighted by Crippen LogP contribution is -2.14. The van der Waals surface area contributed by atoms with E-state index in [1.165, 1.54) is 16.7 Å². The molecule has 33 heavy (non-hydrogen) atoms. The van der Waals surface area contributed by atoms with Crippen molar-refractivity contribution in [2.75, 3.05) is 10.2 Å². The number of rotatable bonds is 5. The molecule has 0 saturated heterocycles. The van der Waals surface area contributed by atoms with Crippen LogP contribution in [0.15, 0.2) is 91.0 Å². The van der Waals surface area contributed by atoms with Gasteiger partial charge in [0, 0.05) is 31.8 Å². The van der Waals surface area contributed by atoms with E-state index in [2.05, 4.69) is 75.5 Å². The molecule has 2 aromatic carbocycles. The zero-order valence-electron chi connectivity index (χ0n) is 18.8. The molecule has 0 radical (unpaired) electrons. The Balaban J connectivity index is 0.00000274. The van der Waals surface area contributed by atoms with Gasteiger partial charge in [0.15, 0.2) is 5.82 Å². The fourth-order valence-electron chi connectivity index (χ4n) is 4.06. The third kappa shape index (κ3) is 4.60. The molecular formula is C27H28N6. The number of aryl methyl sites for hydroxylation is 1. The highest BCUT2D eigenvalue weighted by Gasteiger charge is 2.19. The van der Waals surface area contributed by atoms with Gasteiger partial charge >= 0.3 is 0 Å². The van der Waals surface area contributed by atoms with Gasteiger partial charge in [0.1, 0.15) is 5.82 Å². The first kappa shape index (κ1) is 20.8. The minimum atomic E-state index is 0. The monoisotopic (exact) mass is 436 g/mol. The van der Waals surface area contributed by atoms with Gasteiger partial charge in [-0.05, 0) is 68.1 Å². The summed E-state index contributed by atoms with van der Waals surface area (Å²) in [5, 5.41) is 3.43. The molecule has 1 aliphatic heterocycles. The van der Waals surface area contributed by atoms with Gasteiger partial charge in [-0.25, -0.2) is 15.0 Å². The second kappa shape index (κ2) is 9.20. The van der Waals surface area contributed by atoms with Crippen molar-refractivity contribution in [2.45, 2.75) is 32.7 Å². The van der Waals surface area contributed by atoms with Crippen LogP contribution in [0.5, 0.6) is 0 Å². The van der Waals surface area contributed by atoms with Crippen molar-refractivity contribution < 1.29 is 1.43 Å². The van der Waals surface area contributed by atoms with E-state index in [1.807, 2.05) is 36.5 Å². The lowest BCUT2D eigenvalue weighted by Gasteiger charge is -2.23. The van der Waals surface area contributed by atoms with Crippen molar-refractivity contribution in [2.24, 2.45) is 0 Å². The van der Waals surface area contributed by atoms with E-state index >= 15 is 0 Å². The number of hydrogen-bond donors (Lipinski definition) is 1. The molecule has 0 saturated carbocycles. The first-order chi connectivity index (χ1) is 16.2. The van der Waals surface area contributed by atoms with Crippen molar-refractivity contribution in [1.82, 2.24) is 19.9 Å². The number of benzene rings is 2. The molecule has 4 aromatic rings. The molecule has 0 amide bonds. The summed E-state index contributed by atoms with van der Waals surface area (Å²) in [5.41, 5.74) is 5.88. The predicted octanol–water partition coefficient (Wildman–Crippen LogP) is 6.34. The van der Waals surface area contributed by atoms with Gasteiger partial charge in [-0.1, -0.05) is 35.9 Å². The van der Waals surface area contributed by atoms with Crippen LogP contribution >= 0.6 is 0 Å². The number of allylic oxidation sites excluding steroid dienone is 1. The fraction of sp³-hybridized carbons (Fsp3) is 0.185. The largest absolute Gasteiger partial charge is 0.348 e. The number of fused-ring (bicyclic) bond motifs is 1. The van der Waals surface area contributed by atoms with Crippen LogP contribution in [0.1, 0.15) is 38.9 Å². The highest BCUT2D eigenvalue weighted by Crippen LogP contribution is 2.35. The van der Waals surface area contributed by atoms with Crippen LogP contribution in [0.3, 0.4) is 0 Å². The Hall–Kier alpha value is -4.06. The lowest BCUT2D eigenvalue weighted by atomic mass is 10.0. The summed E-state index contributed by atoms with van der Waals surface area (Å²) < 4.78 is 0. The van der Waals surface area contributed by atoms with E-state index in [1.54, 1.807) is 12.4 Å². The molecule has 2 aromatic heterocycles. The van der Waals surface area contributed by atoms with E-state index in [0.717, 1.165) is 35.7 Å². The Bertz CT molecular complexity index is 1280. The molecule has 0 aliphatic carbocycles. The molecule has 166 valence electrons. The van der Waals surface area contributed by atoms with Gasteiger partial charge in [0.2, 0.25) is 5.95 Å². The Morgan fingerprint density at radius 3 is 2.55 bits per heavy atom. The maximum absolute atomic E-state index is 4.85. The van der Waals surface area contributed by atoms with Crippen LogP contribution < -0.4 is 10.2 Å². The minimum Gasteiger partial charge on any atom is -0.348 e. The van der Waals surface area contributed by atoms with Gasteiger partial charge in [-0.2, -0.15) is 4.98 Å². The number of hydrogen-bond acceptors (Lipinski definition) is 6. The second-order valence-corrected chi connectivity index (χ2v) is 8.28. The zero-order valence-corrected chi connectivity index (χ0v) is 18.8. The number of aromatic nitrogens is 4. The first-order valence-corrected chi connectivity index (χ1v) is 11.2. The smallest absolute Gasteiger partial charge is 0.225 e. The molecule has 6 nitrogen and oxygen atoms in total. The molecular weight excluding hydrogens is 408 g/mol. The van der Waals surface area contributed by atoms with E-state index in [0.29, 0.717) is 5.95 Å². The summed E-state index contributed by atoms with van der Waals surface area (Å²) in [7, 11) is 0. The molecule has 0 unspecified atom stereocenters. The van der Waals surface area contributed by atoms with Crippen LogP contribution in [-0.2, 0) is 6.42 Å². The summed E-state index contributed by atoms with van der Waals surface area (Å²) in [6.07, 6.45) is 9.48. The van der Waals surface area contributed by atoms with Crippen LogP contribution in [0.4, 0.5) is 17.5 Å². The van der Waals surface area contributed by atoms with Gasteiger partial charge in [0.05, 0.1) is 11.7 Å². The molecule has 1 aliphatic rings. The average molecular weight is 437 g/mol. The highest BCUT2D eigenvalue weighted by molar-refractivity contribution is 5.72. The first-order valence-electron chi connectivity index (χ1n) is 11.2. The van der Waals surface area contributed by atoms with Gasteiger partial charge < -0.3 is 10.2 Å². The molecule has 0 bridgehead atoms. The summed E-state index contributed by atoms with van der Waals surface area (Å²) in [6.45, 7) is 4.28. The molecule has 5 rings (SSSR count). The second-order valence-electron chi connectivity index (χ2n) is 8.28. The Labute approximate surface area is 195 Å². The van der Waals surface area contributed by atoms with Crippen molar-refractivity contribution in [1.29, 1.82) is 0 Å². The SMILES string of the molecule is CC1=CN(c2ccnc(N[C@@H](C)c3ccccc3)n2)c2ccc(-c3ncccn3)cc2CC1.[HH]. The Morgan fingerprint density at radius 1 is 0.909 bits per heavy atom. The predicted molar refractivity (Wildman–Crippen MR) is 134 cm³/mol. The topological polar surface area (TPSA) is 66.8 Å². The normalized spacial score (nSPS) is 14.1. The standard InChI is InChI=1S/C27H26N6.H2/c1-19-9-10-22-17-23(26-28-14-6-15-29-26)11-12-24(22)33(18-19)25-13-16-30-27(32-25)31-20(2)21-7-4-3-5-8-21;/h3-8,11-18,20H,9-10H2,1-2H3,(H,30,31,32);1H/t20-;/m0./s1. The quantitative estimate of drug-likeness (QED) is 0.394. The van der Waals surface area contributed by atoms with Gasteiger partial charge in [-0.3, -0.25) is 0 Å². The fourth-order valence-corrected chi connectivity index (χ4v) is 4.06. The van der Waals surface area contributed by atoms with Gasteiger partial charge in [0.25, 0.3) is 0 Å². The van der Waals surface area contributed by atoms with E-state index in [9.17, 15) is 0 Å². The van der Waals surface area contributed by atoms with E-state index in [-0.39, 0.29) is 7.47 Å². The third-order valence-electron chi connectivity index (χ3n) is 5.83. The van der Waals surface area contributed by atoms with Crippen LogP contribution in [0.2, 0.25) is 0 Å². The molecule has 3 heterocycles. The van der Waals surface area contributed by atoms with Crippen LogP contribution in [-0.4, -0.2) is 19.9 Å². The molecule has 1 N–H and O–H groups in total. The number of anilines is 3. The average Bonchev–Trinajstić information content (AvgIpc) is 3.03. The molecule has 0 fully saturated rings. The summed E-state index contributed by atoms with van der Waals surface area (Å²) in [4.78, 5) is 20.3. The third-order valence-corrected chi connectivity index (χ3v) is 5.83. The maximum Gasteiger partial charge on any atom is 0.225 e. The maximum atomic E-state index is 4.85. The molecule has 6 heteroatoms. The summed E-state index contributed by atoms with van der Waals surface area (Å²) >= 11 is 0. The number of nitrogens with zero attached hydrogens (tertiary/aromatic N) is 5. The van der Waals surface area contributed by atoms with E-state index in [4.69, 9.17) is 4.98 Å². The van der Waals surface area contributed by atoms with Crippen molar-refractivity contribution in [3.05, 3.63) is 102 Å². The molecule has 0 spiro atoms. The van der Waals surface area contributed by atoms with Gasteiger partial charge in [-0.15, -0.1) is 0 Å². The molecule has 1 atom stereocenters. The van der Waals surface area contributed by atoms with Crippen LogP contribution in [0, 0.1) is 0 Å². The van der Waals surface area contributed by atoms with Crippen molar-refractivity contribution >= 4 is 17.5 Å².